The van der Waals surface area contributed by atoms with Gasteiger partial charge in [0.15, 0.2) is 0 Å². The molecule has 0 aliphatic carbocycles. The molecule has 0 aliphatic rings. The lowest BCUT2D eigenvalue weighted by Gasteiger charge is -2.08. The fourth-order valence-electron chi connectivity index (χ4n) is 2.39. The van der Waals surface area contributed by atoms with Gasteiger partial charge in [-0.3, -0.25) is 0 Å². The number of H-pyrrole nitrogens is 1. The molecule has 3 rings (SSSR count). The summed E-state index contributed by atoms with van der Waals surface area (Å²) in [7, 11) is 0. The van der Waals surface area contributed by atoms with E-state index in [0.717, 1.165) is 41.1 Å². The third-order valence-electron chi connectivity index (χ3n) is 3.67. The Morgan fingerprint density at radius 2 is 2.04 bits per heavy atom. The van der Waals surface area contributed by atoms with E-state index in [1.165, 1.54) is 6.33 Å². The number of anilines is 2. The number of carbonyl (C=O) groups excluding carboxylic acids is 1. The van der Waals surface area contributed by atoms with E-state index in [0.29, 0.717) is 12.2 Å². The molecule has 24 heavy (non-hydrogen) atoms. The summed E-state index contributed by atoms with van der Waals surface area (Å²) in [5.41, 5.74) is 3.21. The highest BCUT2D eigenvalue weighted by Gasteiger charge is 2.09. The van der Waals surface area contributed by atoms with Gasteiger partial charge in [-0.25, -0.2) is 14.8 Å². The third-order valence-corrected chi connectivity index (χ3v) is 3.67. The molecule has 0 spiro atoms. The minimum Gasteiger partial charge on any atom is -0.462 e. The second kappa shape index (κ2) is 7.12. The zero-order valence-electron chi connectivity index (χ0n) is 13.8. The molecule has 1 aromatic carbocycles. The first-order valence-electron chi connectivity index (χ1n) is 8.02. The van der Waals surface area contributed by atoms with Gasteiger partial charge in [0.25, 0.3) is 0 Å². The number of hydrogen-bond donors (Lipinski definition) is 2. The van der Waals surface area contributed by atoms with Crippen LogP contribution in [0.3, 0.4) is 0 Å². The highest BCUT2D eigenvalue weighted by Crippen LogP contribution is 2.23. The first kappa shape index (κ1) is 16.0. The molecule has 0 aliphatic heterocycles. The molecule has 0 fully saturated rings. The van der Waals surface area contributed by atoms with Crippen LogP contribution in [0.25, 0.3) is 11.0 Å². The molecule has 0 radical (unpaired) electrons. The zero-order valence-corrected chi connectivity index (χ0v) is 13.8. The number of ether oxygens (including phenoxy) is 1. The highest BCUT2D eigenvalue weighted by atomic mass is 16.5. The normalized spacial score (nSPS) is 10.8. The van der Waals surface area contributed by atoms with Crippen molar-refractivity contribution in [1.82, 2.24) is 15.0 Å². The van der Waals surface area contributed by atoms with E-state index in [1.54, 1.807) is 12.1 Å². The average Bonchev–Trinajstić information content (AvgIpc) is 2.97. The summed E-state index contributed by atoms with van der Waals surface area (Å²) in [6, 6.07) is 9.17. The number of aromatic amines is 1. The van der Waals surface area contributed by atoms with Crippen LogP contribution in [-0.4, -0.2) is 27.5 Å². The summed E-state index contributed by atoms with van der Waals surface area (Å²) in [5.74, 6) is 0.434. The topological polar surface area (TPSA) is 79.9 Å². The maximum Gasteiger partial charge on any atom is 0.338 e. The predicted molar refractivity (Wildman–Crippen MR) is 93.5 cm³/mol. The van der Waals surface area contributed by atoms with Gasteiger partial charge < -0.3 is 15.0 Å². The van der Waals surface area contributed by atoms with E-state index in [2.05, 4.69) is 27.2 Å². The summed E-state index contributed by atoms with van der Waals surface area (Å²) in [6.07, 6.45) is 3.40. The van der Waals surface area contributed by atoms with Crippen molar-refractivity contribution < 1.29 is 9.53 Å². The maximum atomic E-state index is 11.9. The number of carbonyl (C=O) groups is 1. The van der Waals surface area contributed by atoms with Crippen molar-refractivity contribution in [3.05, 3.63) is 47.9 Å². The number of hydrogen-bond acceptors (Lipinski definition) is 5. The summed E-state index contributed by atoms with van der Waals surface area (Å²) in [5, 5.41) is 4.18. The van der Waals surface area contributed by atoms with Gasteiger partial charge in [-0.1, -0.05) is 13.3 Å². The number of nitrogens with one attached hydrogen (secondary N) is 2. The number of rotatable bonds is 6. The molecule has 0 amide bonds. The molecule has 2 heterocycles. The SMILES string of the molecule is CCCCOC(=O)c1ccc(Nc2ncnc3[nH]c(C)cc23)cc1. The van der Waals surface area contributed by atoms with Crippen LogP contribution in [0.15, 0.2) is 36.7 Å². The van der Waals surface area contributed by atoms with E-state index in [1.807, 2.05) is 25.1 Å². The van der Waals surface area contributed by atoms with Gasteiger partial charge in [0.2, 0.25) is 0 Å². The summed E-state index contributed by atoms with van der Waals surface area (Å²) >= 11 is 0. The van der Waals surface area contributed by atoms with Crippen LogP contribution >= 0.6 is 0 Å². The largest absolute Gasteiger partial charge is 0.462 e. The molecule has 0 saturated carbocycles. The highest BCUT2D eigenvalue weighted by molar-refractivity contribution is 5.91. The smallest absolute Gasteiger partial charge is 0.338 e. The minimum atomic E-state index is -0.291. The van der Waals surface area contributed by atoms with Crippen LogP contribution < -0.4 is 5.32 Å². The molecule has 0 atom stereocenters. The van der Waals surface area contributed by atoms with Crippen molar-refractivity contribution in [3.63, 3.8) is 0 Å². The van der Waals surface area contributed by atoms with Crippen molar-refractivity contribution in [2.45, 2.75) is 26.7 Å². The van der Waals surface area contributed by atoms with Crippen LogP contribution in [0.5, 0.6) is 0 Å². The lowest BCUT2D eigenvalue weighted by molar-refractivity contribution is 0.0500. The number of esters is 1. The van der Waals surface area contributed by atoms with Crippen LogP contribution in [0, 0.1) is 6.92 Å². The monoisotopic (exact) mass is 324 g/mol. The average molecular weight is 324 g/mol. The number of fused-ring (bicyclic) bond motifs is 1. The summed E-state index contributed by atoms with van der Waals surface area (Å²) < 4.78 is 5.20. The number of benzene rings is 1. The first-order chi connectivity index (χ1) is 11.7. The number of aryl methyl sites for hydroxylation is 1. The van der Waals surface area contributed by atoms with E-state index in [-0.39, 0.29) is 5.97 Å². The zero-order chi connectivity index (χ0) is 16.9. The molecule has 2 N–H and O–H groups in total. The van der Waals surface area contributed by atoms with E-state index < -0.39 is 0 Å². The van der Waals surface area contributed by atoms with Crippen LogP contribution in [-0.2, 0) is 4.74 Å². The summed E-state index contributed by atoms with van der Waals surface area (Å²) in [4.78, 5) is 23.6. The number of nitrogens with zero attached hydrogens (tertiary/aromatic N) is 2. The summed E-state index contributed by atoms with van der Waals surface area (Å²) in [6.45, 7) is 4.50. The van der Waals surface area contributed by atoms with Crippen molar-refractivity contribution in [1.29, 1.82) is 0 Å². The molecule has 0 unspecified atom stereocenters. The van der Waals surface area contributed by atoms with Crippen LogP contribution in [0.4, 0.5) is 11.5 Å². The number of unbranched alkanes of at least 4 members (excludes halogenated alkanes) is 1. The number of aromatic nitrogens is 3. The van der Waals surface area contributed by atoms with Gasteiger partial charge in [-0.15, -0.1) is 0 Å². The Morgan fingerprint density at radius 1 is 1.25 bits per heavy atom. The van der Waals surface area contributed by atoms with Gasteiger partial charge in [0, 0.05) is 11.4 Å². The molecule has 3 aromatic rings. The van der Waals surface area contributed by atoms with Crippen LogP contribution in [0.1, 0.15) is 35.8 Å². The Labute approximate surface area is 140 Å². The lowest BCUT2D eigenvalue weighted by atomic mass is 10.2. The molecule has 0 saturated heterocycles. The third kappa shape index (κ3) is 3.53. The van der Waals surface area contributed by atoms with Gasteiger partial charge in [0.05, 0.1) is 17.6 Å². The van der Waals surface area contributed by atoms with Gasteiger partial charge in [-0.05, 0) is 43.7 Å². The van der Waals surface area contributed by atoms with Crippen LogP contribution in [0.2, 0.25) is 0 Å². The Bertz CT molecular complexity index is 840. The molecule has 0 bridgehead atoms. The second-order valence-electron chi connectivity index (χ2n) is 5.63. The Kier molecular flexibility index (Phi) is 4.74. The van der Waals surface area contributed by atoms with Crippen molar-refractivity contribution >= 4 is 28.5 Å². The maximum absolute atomic E-state index is 11.9. The van der Waals surface area contributed by atoms with Gasteiger partial charge >= 0.3 is 5.97 Å². The van der Waals surface area contributed by atoms with Crippen molar-refractivity contribution in [3.8, 4) is 0 Å². The molecule has 124 valence electrons. The van der Waals surface area contributed by atoms with Crippen molar-refractivity contribution in [2.24, 2.45) is 0 Å². The molecule has 6 heteroatoms. The Hall–Kier alpha value is -2.89. The quantitative estimate of drug-likeness (QED) is 0.530. The molecular weight excluding hydrogens is 304 g/mol. The minimum absolute atomic E-state index is 0.291. The fourth-order valence-corrected chi connectivity index (χ4v) is 2.39. The standard InChI is InChI=1S/C18H20N4O2/c1-3-4-9-24-18(23)13-5-7-14(8-6-13)22-17-15-10-12(2)21-16(15)19-11-20-17/h5-8,10-11H,3-4,9H2,1-2H3,(H2,19,20,21,22). The molecule has 2 aromatic heterocycles. The lowest BCUT2D eigenvalue weighted by Crippen LogP contribution is -2.06. The first-order valence-corrected chi connectivity index (χ1v) is 8.02. The van der Waals surface area contributed by atoms with E-state index in [9.17, 15) is 4.79 Å². The van der Waals surface area contributed by atoms with Gasteiger partial charge in [0.1, 0.15) is 17.8 Å². The van der Waals surface area contributed by atoms with E-state index in [4.69, 9.17) is 4.74 Å². The predicted octanol–water partition coefficient (Wildman–Crippen LogP) is 3.97. The molecular formula is C18H20N4O2. The van der Waals surface area contributed by atoms with E-state index >= 15 is 0 Å². The van der Waals surface area contributed by atoms with Gasteiger partial charge in [-0.2, -0.15) is 0 Å². The Morgan fingerprint density at radius 3 is 2.79 bits per heavy atom. The molecule has 6 nitrogen and oxygen atoms in total. The Balaban J connectivity index is 1.72. The van der Waals surface area contributed by atoms with Crippen molar-refractivity contribution in [2.75, 3.05) is 11.9 Å². The second-order valence-corrected chi connectivity index (χ2v) is 5.63. The fraction of sp³-hybridized carbons (Fsp3) is 0.278.